The fourth-order valence-corrected chi connectivity index (χ4v) is 1.76. The molecule has 0 atom stereocenters. The number of hydrogen-bond donors (Lipinski definition) is 0. The monoisotopic (exact) mass is 309 g/mol. The zero-order valence-corrected chi connectivity index (χ0v) is 11.6. The van der Waals surface area contributed by atoms with Gasteiger partial charge >= 0.3 is 5.69 Å². The van der Waals surface area contributed by atoms with Crippen LogP contribution in [0.2, 0.25) is 5.02 Å². The van der Waals surface area contributed by atoms with Crippen molar-refractivity contribution in [2.75, 3.05) is 6.61 Å². The highest BCUT2D eigenvalue weighted by Crippen LogP contribution is 2.28. The third kappa shape index (κ3) is 2.80. The Morgan fingerprint density at radius 3 is 2.86 bits per heavy atom. The van der Waals surface area contributed by atoms with Crippen LogP contribution in [0.3, 0.4) is 0 Å². The molecular formula is C13H9ClFN3O3. The molecule has 21 heavy (non-hydrogen) atoms. The Labute approximate surface area is 123 Å². The molecule has 0 saturated heterocycles. The van der Waals surface area contributed by atoms with Gasteiger partial charge in [0.15, 0.2) is 5.82 Å². The van der Waals surface area contributed by atoms with Crippen molar-refractivity contribution in [1.82, 2.24) is 14.3 Å². The molecule has 0 aliphatic carbocycles. The third-order valence-corrected chi connectivity index (χ3v) is 2.92. The summed E-state index contributed by atoms with van der Waals surface area (Å²) in [6.07, 6.45) is 5.97. The van der Waals surface area contributed by atoms with Crippen molar-refractivity contribution in [3.63, 3.8) is 0 Å². The van der Waals surface area contributed by atoms with Gasteiger partial charge in [-0.1, -0.05) is 17.5 Å². The van der Waals surface area contributed by atoms with E-state index in [1.165, 1.54) is 13.1 Å². The normalized spacial score (nSPS) is 10.2. The van der Waals surface area contributed by atoms with Crippen LogP contribution < -0.4 is 16.0 Å². The Morgan fingerprint density at radius 1 is 1.48 bits per heavy atom. The van der Waals surface area contributed by atoms with Gasteiger partial charge in [0.2, 0.25) is 0 Å². The van der Waals surface area contributed by atoms with Crippen LogP contribution >= 0.6 is 11.6 Å². The maximum atomic E-state index is 14.0. The molecule has 1 aromatic carbocycles. The summed E-state index contributed by atoms with van der Waals surface area (Å²) in [5.74, 6) is 1.56. The quantitative estimate of drug-likeness (QED) is 0.784. The van der Waals surface area contributed by atoms with Crippen LogP contribution in [0, 0.1) is 18.2 Å². The summed E-state index contributed by atoms with van der Waals surface area (Å²) in [6.45, 7) is -0.0691. The molecule has 108 valence electrons. The van der Waals surface area contributed by atoms with Gasteiger partial charge in [-0.25, -0.2) is 9.18 Å². The first-order valence-electron chi connectivity index (χ1n) is 5.66. The van der Waals surface area contributed by atoms with Crippen LogP contribution in [-0.4, -0.2) is 21.0 Å². The maximum Gasteiger partial charge on any atom is 0.352 e. The topological polar surface area (TPSA) is 66.1 Å². The molecule has 0 fully saturated rings. The molecule has 0 aliphatic heterocycles. The SMILES string of the molecule is C#CCOc1cc(-n2ncc(=O)n(C)c2=O)c(F)cc1Cl. The Bertz CT molecular complexity index is 851. The summed E-state index contributed by atoms with van der Waals surface area (Å²) < 4.78 is 20.7. The highest BCUT2D eigenvalue weighted by Gasteiger charge is 2.14. The number of terminal acetylenes is 1. The van der Waals surface area contributed by atoms with Crippen molar-refractivity contribution in [3.05, 3.63) is 50.0 Å². The van der Waals surface area contributed by atoms with Gasteiger partial charge in [0, 0.05) is 13.1 Å². The van der Waals surface area contributed by atoms with Crippen molar-refractivity contribution in [2.24, 2.45) is 7.05 Å². The molecular weight excluding hydrogens is 301 g/mol. The number of halogens is 2. The largest absolute Gasteiger partial charge is 0.479 e. The van der Waals surface area contributed by atoms with Gasteiger partial charge in [-0.3, -0.25) is 9.36 Å². The molecule has 0 aliphatic rings. The van der Waals surface area contributed by atoms with Gasteiger partial charge in [-0.2, -0.15) is 9.78 Å². The molecule has 0 saturated carbocycles. The molecule has 1 aromatic heterocycles. The zero-order valence-electron chi connectivity index (χ0n) is 10.8. The fraction of sp³-hybridized carbons (Fsp3) is 0.154. The number of benzene rings is 1. The second-order valence-corrected chi connectivity index (χ2v) is 4.37. The molecule has 0 spiro atoms. The number of nitrogens with zero attached hydrogens (tertiary/aromatic N) is 3. The van der Waals surface area contributed by atoms with Gasteiger partial charge in [-0.05, 0) is 6.07 Å². The van der Waals surface area contributed by atoms with Gasteiger partial charge in [0.05, 0.1) is 5.02 Å². The van der Waals surface area contributed by atoms with E-state index in [1.54, 1.807) is 0 Å². The molecule has 0 bridgehead atoms. The summed E-state index contributed by atoms with van der Waals surface area (Å²) in [6, 6.07) is 2.16. The lowest BCUT2D eigenvalue weighted by Gasteiger charge is -2.10. The van der Waals surface area contributed by atoms with E-state index in [9.17, 15) is 14.0 Å². The van der Waals surface area contributed by atoms with E-state index in [4.69, 9.17) is 22.8 Å². The van der Waals surface area contributed by atoms with Crippen LogP contribution in [0.5, 0.6) is 5.75 Å². The van der Waals surface area contributed by atoms with E-state index >= 15 is 0 Å². The lowest BCUT2D eigenvalue weighted by atomic mass is 10.3. The molecule has 2 aromatic rings. The van der Waals surface area contributed by atoms with Gasteiger partial charge in [0.25, 0.3) is 5.56 Å². The van der Waals surface area contributed by atoms with Crippen molar-refractivity contribution < 1.29 is 9.13 Å². The van der Waals surface area contributed by atoms with Gasteiger partial charge in [0.1, 0.15) is 24.2 Å². The Morgan fingerprint density at radius 2 is 2.19 bits per heavy atom. The smallest absolute Gasteiger partial charge is 0.352 e. The predicted molar refractivity (Wildman–Crippen MR) is 74.4 cm³/mol. The molecule has 8 heteroatoms. The minimum atomic E-state index is -0.799. The van der Waals surface area contributed by atoms with Crippen molar-refractivity contribution >= 4 is 11.6 Å². The first-order valence-corrected chi connectivity index (χ1v) is 6.04. The van der Waals surface area contributed by atoms with Crippen molar-refractivity contribution in [2.45, 2.75) is 0 Å². The van der Waals surface area contributed by atoms with E-state index in [0.717, 1.165) is 21.5 Å². The van der Waals surface area contributed by atoms with Crippen molar-refractivity contribution in [3.8, 4) is 23.8 Å². The van der Waals surface area contributed by atoms with E-state index in [-0.39, 0.29) is 23.1 Å². The second-order valence-electron chi connectivity index (χ2n) is 3.96. The number of hydrogen-bond acceptors (Lipinski definition) is 4. The summed E-state index contributed by atoms with van der Waals surface area (Å²) in [7, 11) is 1.26. The molecule has 2 rings (SSSR count). The van der Waals surface area contributed by atoms with Crippen molar-refractivity contribution in [1.29, 1.82) is 0 Å². The highest BCUT2D eigenvalue weighted by atomic mass is 35.5. The second kappa shape index (κ2) is 5.81. The number of ether oxygens (including phenoxy) is 1. The summed E-state index contributed by atoms with van der Waals surface area (Å²) in [5, 5.41) is 3.62. The highest BCUT2D eigenvalue weighted by molar-refractivity contribution is 6.32. The molecule has 0 amide bonds. The standard InChI is InChI=1S/C13H9ClFN3O3/c1-3-4-21-11-6-10(9(15)5-8(11)14)18-13(20)17(2)12(19)7-16-18/h1,5-7H,4H2,2H3. The summed E-state index contributed by atoms with van der Waals surface area (Å²) in [5.41, 5.74) is -1.60. The Balaban J connectivity index is 2.65. The lowest BCUT2D eigenvalue weighted by Crippen LogP contribution is -2.38. The summed E-state index contributed by atoms with van der Waals surface area (Å²) >= 11 is 5.82. The minimum absolute atomic E-state index is 0.00405. The molecule has 6 nitrogen and oxygen atoms in total. The third-order valence-electron chi connectivity index (χ3n) is 2.62. The average Bonchev–Trinajstić information content (AvgIpc) is 2.45. The molecule has 0 unspecified atom stereocenters. The Kier molecular flexibility index (Phi) is 4.10. The van der Waals surface area contributed by atoms with E-state index in [2.05, 4.69) is 11.0 Å². The molecule has 0 N–H and O–H groups in total. The zero-order chi connectivity index (χ0) is 15.6. The first-order chi connectivity index (χ1) is 9.95. The van der Waals surface area contributed by atoms with Crippen LogP contribution in [0.1, 0.15) is 0 Å². The van der Waals surface area contributed by atoms with Crippen LogP contribution in [0.4, 0.5) is 4.39 Å². The van der Waals surface area contributed by atoms with Gasteiger partial charge in [-0.15, -0.1) is 6.42 Å². The summed E-state index contributed by atoms with van der Waals surface area (Å²) in [4.78, 5) is 23.2. The van der Waals surface area contributed by atoms with E-state index in [1.807, 2.05) is 0 Å². The maximum absolute atomic E-state index is 14.0. The lowest BCUT2D eigenvalue weighted by molar-refractivity contribution is 0.369. The first kappa shape index (κ1) is 14.8. The average molecular weight is 310 g/mol. The van der Waals surface area contributed by atoms with Crippen LogP contribution in [0.15, 0.2) is 27.9 Å². The van der Waals surface area contributed by atoms with Gasteiger partial charge < -0.3 is 4.74 Å². The minimum Gasteiger partial charge on any atom is -0.479 e. The van der Waals surface area contributed by atoms with E-state index < -0.39 is 17.1 Å². The van der Waals surface area contributed by atoms with Crippen LogP contribution in [0.25, 0.3) is 5.69 Å². The van der Waals surface area contributed by atoms with Crippen LogP contribution in [-0.2, 0) is 7.05 Å². The molecule has 1 heterocycles. The van der Waals surface area contributed by atoms with E-state index in [0.29, 0.717) is 0 Å². The Hall–Kier alpha value is -2.59. The number of rotatable bonds is 3. The number of aromatic nitrogens is 3. The molecule has 0 radical (unpaired) electrons. The fourth-order valence-electron chi connectivity index (χ4n) is 1.56. The predicted octanol–water partition coefficient (Wildman–Crippen LogP) is 0.736.